The quantitative estimate of drug-likeness (QED) is 0.0396. The minimum absolute atomic E-state index is 0. The number of Topliss-reactive ketones (excluding diaryl/α,β-unsaturated/α-hetero) is 4. The van der Waals surface area contributed by atoms with E-state index in [0.29, 0.717) is 90.5 Å². The summed E-state index contributed by atoms with van der Waals surface area (Å²) in [7, 11) is -8.51. The number of sulfone groups is 3. The Bertz CT molecular complexity index is 5780. The van der Waals surface area contributed by atoms with Crippen LogP contribution >= 0.6 is 0 Å². The zero-order valence-electron chi connectivity index (χ0n) is 66.9. The van der Waals surface area contributed by atoms with Gasteiger partial charge in [-0.15, -0.1) is 0 Å². The second-order valence-corrected chi connectivity index (χ2v) is 36.9. The fraction of sp³-hybridized carbons (Fsp3) is 0.389. The topological polar surface area (TPSA) is 349 Å². The number of rotatable bonds is 21. The van der Waals surface area contributed by atoms with Crippen molar-refractivity contribution in [1.29, 1.82) is 0 Å². The van der Waals surface area contributed by atoms with E-state index < -0.39 is 29.5 Å². The molecule has 12 aromatic rings. The Morgan fingerprint density at radius 1 is 0.412 bits per heavy atom. The first-order valence-corrected chi connectivity index (χ1v) is 45.1. The van der Waals surface area contributed by atoms with Gasteiger partial charge in [-0.05, 0) is 196 Å². The van der Waals surface area contributed by atoms with Gasteiger partial charge in [-0.2, -0.15) is 19.2 Å². The average Bonchev–Trinajstić information content (AvgIpc) is 1.66. The van der Waals surface area contributed by atoms with Crippen molar-refractivity contribution in [2.45, 2.75) is 109 Å². The van der Waals surface area contributed by atoms with Gasteiger partial charge in [0.15, 0.2) is 29.5 Å². The van der Waals surface area contributed by atoms with Crippen molar-refractivity contribution in [2.24, 2.45) is 0 Å². The second kappa shape index (κ2) is 42.3. The number of phenolic OH excluding ortho intramolecular Hbond substituents is 1. The Kier molecular flexibility index (Phi) is 32.5. The molecule has 8 aromatic carbocycles. The zero-order chi connectivity index (χ0) is 82.8. The van der Waals surface area contributed by atoms with Crippen molar-refractivity contribution >= 4 is 152 Å². The van der Waals surface area contributed by atoms with Crippen molar-refractivity contribution in [3.8, 4) is 23.0 Å². The van der Waals surface area contributed by atoms with Crippen LogP contribution < -0.4 is 14.2 Å². The summed E-state index contributed by atoms with van der Waals surface area (Å²) in [6.45, 7) is 12.3. The molecule has 119 heavy (non-hydrogen) atoms. The van der Waals surface area contributed by atoms with Crippen LogP contribution in [0.25, 0.3) is 87.0 Å². The van der Waals surface area contributed by atoms with Gasteiger partial charge in [-0.1, -0.05) is 51.0 Å². The van der Waals surface area contributed by atoms with Crippen LogP contribution in [0.15, 0.2) is 164 Å². The van der Waals surface area contributed by atoms with E-state index in [0.717, 1.165) is 164 Å². The normalized spacial score (nSPS) is 17.8. The number of hydrogen-bond donors (Lipinski definition) is 1. The number of aryl methyl sites for hydroxylation is 2. The smallest absolute Gasteiger partial charge is 0.373 e. The summed E-state index contributed by atoms with van der Waals surface area (Å²) in [5, 5.41) is 22.4. The molecule has 25 nitrogen and oxygen atoms in total. The van der Waals surface area contributed by atoms with Crippen LogP contribution in [0.5, 0.6) is 23.0 Å². The molecule has 29 heteroatoms. The van der Waals surface area contributed by atoms with Gasteiger partial charge in [-0.3, -0.25) is 19.2 Å². The van der Waals surface area contributed by atoms with E-state index in [1.165, 1.54) is 27.3 Å². The summed E-state index contributed by atoms with van der Waals surface area (Å²) >= 11 is 0. The second-order valence-electron chi connectivity index (χ2n) is 30.0. The number of aromatic hydroxyl groups is 1. The van der Waals surface area contributed by atoms with Crippen LogP contribution in [0.4, 0.5) is 0 Å². The third-order valence-corrected chi connectivity index (χ3v) is 26.9. The molecule has 5 fully saturated rings. The summed E-state index contributed by atoms with van der Waals surface area (Å²) in [4.78, 5) is 87.4. The Morgan fingerprint density at radius 3 is 1.03 bits per heavy atom. The Balaban J connectivity index is 0.000000165. The summed E-state index contributed by atoms with van der Waals surface area (Å²) in [6.07, 6.45) is 16.3. The van der Waals surface area contributed by atoms with E-state index in [4.69, 9.17) is 51.1 Å². The van der Waals surface area contributed by atoms with Gasteiger partial charge in [0.1, 0.15) is 68.5 Å². The molecule has 7 heterocycles. The van der Waals surface area contributed by atoms with E-state index in [-0.39, 0.29) is 123 Å². The number of furan rings is 4. The summed E-state index contributed by atoms with van der Waals surface area (Å²) < 4.78 is 110. The molecule has 5 aliphatic rings. The van der Waals surface area contributed by atoms with Crippen molar-refractivity contribution in [3.05, 3.63) is 176 Å². The predicted octanol–water partition coefficient (Wildman–Crippen LogP) is 14.5. The van der Waals surface area contributed by atoms with Gasteiger partial charge in [0.25, 0.3) is 0 Å². The minimum Gasteiger partial charge on any atom is -0.508 e. The molecule has 0 spiro atoms. The molecule has 2 saturated carbocycles. The number of nitrogens with zero attached hydrogens (tertiary/aromatic N) is 3. The molecular formula is C90H98N3O22S3W-. The summed E-state index contributed by atoms with van der Waals surface area (Å²) in [6, 6.07) is 39.4. The number of phenols is 1. The maximum Gasteiger partial charge on any atom is 0.373 e. The number of carbonyl (C=O) groups excluding carboxylic acids is 8. The van der Waals surface area contributed by atoms with Crippen LogP contribution in [0.1, 0.15) is 119 Å². The molecular weight excluding hydrogens is 1760 g/mol. The van der Waals surface area contributed by atoms with Gasteiger partial charge in [-0.25, -0.2) is 25.3 Å². The van der Waals surface area contributed by atoms with Crippen molar-refractivity contribution in [2.75, 3.05) is 113 Å². The molecule has 4 aromatic heterocycles. The van der Waals surface area contributed by atoms with E-state index in [1.807, 2.05) is 104 Å². The first-order valence-electron chi connectivity index (χ1n) is 39.6. The SMILES string of the molecule is CCCc1coc2ccc3cc(O)ccc3c12.CCCc1coc2ccc3cc(OCCCN4CCS(=O)(=O)CC4)ccc3c12.O=C1CCC(c2coc3ccc4cc(OCCCN5CCS(=O)(=O)CC5)ccc4c23)C(=O)C1.O=C1CCC(c2coc3ccc4cc(OCCCN5CCS(=O)(=O)CC5)ccc4c23)C(=O)C1.O=C=O.O=C=O.[CH3-].[W]. The summed E-state index contributed by atoms with van der Waals surface area (Å²) in [5.74, 6) is 3.62. The largest absolute Gasteiger partial charge is 0.508 e. The van der Waals surface area contributed by atoms with Gasteiger partial charge < -0.3 is 59.1 Å². The van der Waals surface area contributed by atoms with Crippen LogP contribution in [-0.4, -0.2) is 194 Å². The molecule has 2 aliphatic carbocycles. The maximum absolute atomic E-state index is 12.5. The van der Waals surface area contributed by atoms with Gasteiger partial charge in [0, 0.05) is 137 Å². The van der Waals surface area contributed by atoms with Crippen molar-refractivity contribution < 1.29 is 122 Å². The fourth-order valence-corrected chi connectivity index (χ4v) is 19.8. The predicted molar refractivity (Wildman–Crippen MR) is 450 cm³/mol. The molecule has 3 aliphatic heterocycles. The standard InChI is InChI=1S/2C25H27NO6S.C22H27NO4S.C15H14O2.2CO2.CH3.W/c2*27-18-3-5-21(23(28)15-18)22-16-32-24-7-2-17-14-19(4-6-20(17)25(22)24)31-11-1-8-26-9-12-33(29,30)13-10-26;1-2-4-18-16-27-21-8-5-17-15-19(6-7-20(17)22(18)21)26-12-3-9-23-10-13-28(24,25)14-11-23;1-2-3-11-9-17-14-7-4-10-8-12(16)5-6-13(10)15(11)14;2*2-1-3;;/h2*2,4,6-7,14,16,21H,1,3,5,8-13,15H2;5-8,15-16H,2-4,9-14H2,1H3;4-9,16H,2-3H2,1H3;;;1H3;/q;;;;;;-1;. The Hall–Kier alpha value is -9.98. The molecule has 0 radical (unpaired) electrons. The molecule has 630 valence electrons. The maximum atomic E-state index is 12.5. The van der Waals surface area contributed by atoms with Crippen LogP contribution in [-0.2, 0) is 102 Å². The van der Waals surface area contributed by atoms with Gasteiger partial charge in [0.2, 0.25) is 0 Å². The molecule has 0 bridgehead atoms. The molecule has 1 N–H and O–H groups in total. The van der Waals surface area contributed by atoms with E-state index in [1.54, 1.807) is 24.7 Å². The number of fused-ring (bicyclic) bond motifs is 12. The third kappa shape index (κ3) is 23.6. The van der Waals surface area contributed by atoms with Crippen molar-refractivity contribution in [3.63, 3.8) is 0 Å². The Labute approximate surface area is 705 Å². The van der Waals surface area contributed by atoms with Crippen LogP contribution in [0, 0.1) is 7.43 Å². The summed E-state index contributed by atoms with van der Waals surface area (Å²) in [5.41, 5.74) is 7.58. The van der Waals surface area contributed by atoms with Crippen molar-refractivity contribution in [1.82, 2.24) is 14.7 Å². The number of benzene rings is 8. The van der Waals surface area contributed by atoms with Crippen LogP contribution in [0.3, 0.4) is 0 Å². The number of ether oxygens (including phenoxy) is 3. The number of hydrogen-bond acceptors (Lipinski definition) is 25. The first kappa shape index (κ1) is 91.3. The molecule has 2 atom stereocenters. The average molecular weight is 1850 g/mol. The first-order chi connectivity index (χ1) is 56.5. The fourth-order valence-electron chi connectivity index (χ4n) is 16.0. The number of ketones is 4. The molecule has 2 unspecified atom stereocenters. The monoisotopic (exact) mass is 1850 g/mol. The Morgan fingerprint density at radius 2 is 0.706 bits per heavy atom. The van der Waals surface area contributed by atoms with E-state index in [2.05, 4.69) is 46.7 Å². The third-order valence-electron chi connectivity index (χ3n) is 22.0. The van der Waals surface area contributed by atoms with Gasteiger partial charge in [0.05, 0.1) is 92.2 Å². The van der Waals surface area contributed by atoms with Gasteiger partial charge >= 0.3 is 12.3 Å². The molecule has 17 rings (SSSR count). The number of carbonyl (C=O) groups is 4. The zero-order valence-corrected chi connectivity index (χ0v) is 72.3. The van der Waals surface area contributed by atoms with E-state index in [9.17, 15) is 49.5 Å². The minimum atomic E-state index is -2.85. The van der Waals surface area contributed by atoms with Crippen LogP contribution in [0.2, 0.25) is 0 Å². The van der Waals surface area contributed by atoms with E-state index >= 15 is 0 Å². The molecule has 0 amide bonds. The molecule has 3 saturated heterocycles.